The molecule has 1 aliphatic heterocycles. The molecular weight excluding hydrogens is 635 g/mol. The van der Waals surface area contributed by atoms with Gasteiger partial charge in [-0.2, -0.15) is 18.3 Å². The maximum Gasteiger partial charge on any atom is 0.408 e. The van der Waals surface area contributed by atoms with Crippen LogP contribution in [0.15, 0.2) is 39.9 Å². The van der Waals surface area contributed by atoms with Crippen LogP contribution >= 0.6 is 0 Å². The van der Waals surface area contributed by atoms with Crippen molar-refractivity contribution in [2.75, 3.05) is 0 Å². The Balaban J connectivity index is 0.000000236. The molecule has 5 heterocycles. The highest BCUT2D eigenvalue weighted by molar-refractivity contribution is 5.93. The minimum absolute atomic E-state index is 0.0694. The molecule has 3 aliphatic rings. The van der Waals surface area contributed by atoms with Crippen LogP contribution in [0, 0.1) is 5.92 Å². The molecule has 4 aromatic rings. The minimum atomic E-state index is -4.46. The number of aliphatic hydroxyl groups excluding tert-OH is 1. The van der Waals surface area contributed by atoms with E-state index in [4.69, 9.17) is 5.11 Å². The van der Waals surface area contributed by atoms with Crippen molar-refractivity contribution in [2.45, 2.75) is 95.0 Å². The van der Waals surface area contributed by atoms with E-state index in [-0.39, 0.29) is 50.4 Å². The molecule has 4 aromatic heterocycles. The van der Waals surface area contributed by atoms with Crippen LogP contribution in [0.5, 0.6) is 0 Å². The van der Waals surface area contributed by atoms with Crippen LogP contribution in [-0.2, 0) is 24.4 Å². The summed E-state index contributed by atoms with van der Waals surface area (Å²) in [5.41, 5.74) is 2.32. The number of hydrogen-bond acceptors (Lipinski definition) is 10. The van der Waals surface area contributed by atoms with E-state index in [0.717, 1.165) is 19.3 Å². The third-order valence-electron chi connectivity index (χ3n) is 7.87. The van der Waals surface area contributed by atoms with Gasteiger partial charge < -0.3 is 20.3 Å². The lowest BCUT2D eigenvalue weighted by molar-refractivity contribution is -0.154. The van der Waals surface area contributed by atoms with Crippen molar-refractivity contribution in [1.82, 2.24) is 40.7 Å². The van der Waals surface area contributed by atoms with Gasteiger partial charge in [-0.1, -0.05) is 16.7 Å². The van der Waals surface area contributed by atoms with E-state index in [1.807, 2.05) is 5.32 Å². The number of imidazole rings is 1. The van der Waals surface area contributed by atoms with Crippen LogP contribution in [0.1, 0.15) is 90.5 Å². The maximum absolute atomic E-state index is 12.9. The predicted molar refractivity (Wildman–Crippen MR) is 151 cm³/mol. The largest absolute Gasteiger partial charge is 0.408 e. The first-order valence-electron chi connectivity index (χ1n) is 15.1. The predicted octanol–water partition coefficient (Wildman–Crippen LogP) is 4.28. The lowest BCUT2D eigenvalue weighted by Crippen LogP contribution is -2.38. The van der Waals surface area contributed by atoms with Crippen molar-refractivity contribution >= 4 is 17.5 Å². The molecule has 3 fully saturated rings. The highest BCUT2D eigenvalue weighted by atomic mass is 19.4. The number of carbonyl (C=O) groups is 2. The molecule has 0 spiro atoms. The summed E-state index contributed by atoms with van der Waals surface area (Å²) < 4.78 is 73.6. The normalized spacial score (nSPS) is 20.5. The Morgan fingerprint density at radius 3 is 2.51 bits per heavy atom. The van der Waals surface area contributed by atoms with Crippen molar-refractivity contribution in [2.24, 2.45) is 5.92 Å². The average molecular weight is 669 g/mol. The van der Waals surface area contributed by atoms with Gasteiger partial charge in [0.1, 0.15) is 18.3 Å². The second kappa shape index (κ2) is 14.5. The van der Waals surface area contributed by atoms with E-state index in [0.29, 0.717) is 41.2 Å². The Morgan fingerprint density at radius 2 is 1.94 bits per heavy atom. The zero-order chi connectivity index (χ0) is 33.6. The highest BCUT2D eigenvalue weighted by Gasteiger charge is 2.47. The van der Waals surface area contributed by atoms with Crippen LogP contribution in [0.25, 0.3) is 5.65 Å². The first kappa shape index (κ1) is 33.9. The molecule has 2 amide bonds. The Bertz CT molecular complexity index is 1630. The molecule has 0 bridgehead atoms. The molecule has 3 N–H and O–H groups in total. The second-order valence-corrected chi connectivity index (χ2v) is 11.6. The first-order chi connectivity index (χ1) is 22.4. The summed E-state index contributed by atoms with van der Waals surface area (Å²) in [6.45, 7) is 0.0484. The van der Waals surface area contributed by atoms with Crippen LogP contribution in [0.2, 0.25) is 0 Å². The number of halogens is 5. The number of aromatic nitrogens is 6. The molecule has 13 nitrogen and oxygen atoms in total. The fraction of sp³-hybridized carbons (Fsp3) is 0.552. The summed E-state index contributed by atoms with van der Waals surface area (Å²) in [4.78, 5) is 28.7. The molecule has 2 unspecified atom stereocenters. The fourth-order valence-corrected chi connectivity index (χ4v) is 5.20. The van der Waals surface area contributed by atoms with Crippen molar-refractivity contribution in [3.8, 4) is 0 Å². The van der Waals surface area contributed by atoms with Crippen molar-refractivity contribution < 1.29 is 45.8 Å². The zero-order valence-electron chi connectivity index (χ0n) is 25.1. The molecule has 2 aliphatic carbocycles. The van der Waals surface area contributed by atoms with Crippen molar-refractivity contribution in [3.63, 3.8) is 0 Å². The second-order valence-electron chi connectivity index (χ2n) is 11.6. The molecule has 2 atom stereocenters. The summed E-state index contributed by atoms with van der Waals surface area (Å²) in [5.74, 6) is -3.42. The standard InChI is InChI=1S/C19H18F3N7O3.C6H10F2.C4H5NO2/c20-19(21,22)13-5-11(17(30)26-13)3-9-4-14-25-12(8-29(14)24-6-9)7-23-18(31)16-15(10-1-2-10)27-32-28-16;7-6(8)4-2-1-3-5-6;6-3-4-1-2-5-7-4/h4,6,8,10-11,13H,1-3,5,7H2,(H,23,31)(H,26,30);1-5H2;1-2,6H,3H2. The quantitative estimate of drug-likeness (QED) is 0.241. The Hall–Kier alpha value is -4.48. The number of rotatable bonds is 7. The van der Waals surface area contributed by atoms with Gasteiger partial charge in [-0.05, 0) is 55.3 Å². The SMILES string of the molecule is FC1(F)CCCCC1.O=C(NCc1cn2ncc(CC3CC(C(F)(F)F)NC3=O)cc2n1)c1nonc1C1CC1.OCc1ccno1. The van der Waals surface area contributed by atoms with E-state index in [1.54, 1.807) is 18.3 Å². The van der Waals surface area contributed by atoms with Gasteiger partial charge in [-0.15, -0.1) is 0 Å². The van der Waals surface area contributed by atoms with E-state index < -0.39 is 35.9 Å². The van der Waals surface area contributed by atoms with Crippen LogP contribution in [0.4, 0.5) is 22.0 Å². The highest BCUT2D eigenvalue weighted by Crippen LogP contribution is 2.40. The van der Waals surface area contributed by atoms with Gasteiger partial charge in [0.25, 0.3) is 5.91 Å². The van der Waals surface area contributed by atoms with Gasteiger partial charge in [0.2, 0.25) is 11.8 Å². The smallest absolute Gasteiger partial charge is 0.388 e. The lowest BCUT2D eigenvalue weighted by atomic mass is 9.97. The number of nitrogens with zero attached hydrogens (tertiary/aromatic N) is 6. The Kier molecular flexibility index (Phi) is 10.5. The van der Waals surface area contributed by atoms with Gasteiger partial charge in [-0.3, -0.25) is 9.59 Å². The van der Waals surface area contributed by atoms with Gasteiger partial charge in [0.05, 0.1) is 30.8 Å². The summed E-state index contributed by atoms with van der Waals surface area (Å²) in [6.07, 6.45) is 4.54. The van der Waals surface area contributed by atoms with Crippen LogP contribution in [-0.4, -0.2) is 65.1 Å². The maximum atomic E-state index is 12.9. The third kappa shape index (κ3) is 9.30. The van der Waals surface area contributed by atoms with E-state index in [9.17, 15) is 31.5 Å². The summed E-state index contributed by atoms with van der Waals surface area (Å²) in [7, 11) is 0. The number of amides is 2. The topological polar surface area (TPSA) is 174 Å². The summed E-state index contributed by atoms with van der Waals surface area (Å²) >= 11 is 0. The summed E-state index contributed by atoms with van der Waals surface area (Å²) in [5, 5.41) is 28.1. The first-order valence-corrected chi connectivity index (χ1v) is 15.1. The molecule has 2 saturated carbocycles. The molecule has 0 aromatic carbocycles. The Morgan fingerprint density at radius 1 is 1.17 bits per heavy atom. The van der Waals surface area contributed by atoms with Gasteiger partial charge in [0.15, 0.2) is 17.1 Å². The molecule has 0 radical (unpaired) electrons. The number of aliphatic hydroxyl groups is 1. The van der Waals surface area contributed by atoms with E-state index >= 15 is 0 Å². The van der Waals surface area contributed by atoms with Crippen molar-refractivity contribution in [1.29, 1.82) is 0 Å². The number of hydrogen-bond donors (Lipinski definition) is 3. The van der Waals surface area contributed by atoms with E-state index in [2.05, 4.69) is 40.0 Å². The number of nitrogens with one attached hydrogen (secondary N) is 2. The van der Waals surface area contributed by atoms with E-state index in [1.165, 1.54) is 16.9 Å². The molecule has 18 heteroatoms. The number of carbonyl (C=O) groups excluding carboxylic acids is 2. The molecular formula is C29H33F5N8O5. The summed E-state index contributed by atoms with van der Waals surface area (Å²) in [6, 6.07) is 1.46. The van der Waals surface area contributed by atoms with Crippen LogP contribution in [0.3, 0.4) is 0 Å². The zero-order valence-corrected chi connectivity index (χ0v) is 25.1. The number of alkyl halides is 5. The molecule has 7 rings (SSSR count). The molecule has 1 saturated heterocycles. The van der Waals surface area contributed by atoms with Crippen LogP contribution < -0.4 is 10.6 Å². The average Bonchev–Trinajstić information content (AvgIpc) is 3.44. The molecule has 47 heavy (non-hydrogen) atoms. The lowest BCUT2D eigenvalue weighted by Gasteiger charge is -2.20. The van der Waals surface area contributed by atoms with Gasteiger partial charge >= 0.3 is 6.18 Å². The molecule has 254 valence electrons. The van der Waals surface area contributed by atoms with Gasteiger partial charge in [-0.25, -0.2) is 22.9 Å². The van der Waals surface area contributed by atoms with Crippen molar-refractivity contribution in [3.05, 3.63) is 59.1 Å². The number of fused-ring (bicyclic) bond motifs is 1. The Labute approximate surface area is 264 Å². The minimum Gasteiger partial charge on any atom is -0.388 e. The monoisotopic (exact) mass is 668 g/mol. The van der Waals surface area contributed by atoms with Gasteiger partial charge in [0, 0.05) is 30.7 Å². The fourth-order valence-electron chi connectivity index (χ4n) is 5.20. The third-order valence-corrected chi connectivity index (χ3v) is 7.87.